The van der Waals surface area contributed by atoms with E-state index in [0.29, 0.717) is 28.5 Å². The van der Waals surface area contributed by atoms with Gasteiger partial charge in [-0.25, -0.2) is 8.42 Å². The molecule has 1 saturated carbocycles. The van der Waals surface area contributed by atoms with Crippen molar-refractivity contribution in [2.45, 2.75) is 43.6 Å². The number of aliphatic hydroxyl groups excluding tert-OH is 1. The van der Waals surface area contributed by atoms with Crippen molar-refractivity contribution in [3.05, 3.63) is 33.8 Å². The van der Waals surface area contributed by atoms with Crippen LogP contribution in [0.25, 0.3) is 0 Å². The van der Waals surface area contributed by atoms with E-state index in [1.54, 1.807) is 18.2 Å². The van der Waals surface area contributed by atoms with E-state index in [1.165, 1.54) is 11.4 Å². The van der Waals surface area contributed by atoms with Crippen molar-refractivity contribution in [2.75, 3.05) is 7.05 Å². The molecule has 21 heavy (non-hydrogen) atoms. The summed E-state index contributed by atoms with van der Waals surface area (Å²) < 4.78 is 26.3. The van der Waals surface area contributed by atoms with Gasteiger partial charge in [-0.2, -0.15) is 4.31 Å². The molecule has 0 bridgehead atoms. The molecule has 2 atom stereocenters. The third kappa shape index (κ3) is 4.11. The molecule has 0 amide bonds. The van der Waals surface area contributed by atoms with Gasteiger partial charge >= 0.3 is 0 Å². The van der Waals surface area contributed by atoms with Crippen LogP contribution in [0.15, 0.2) is 18.2 Å². The molecule has 4 nitrogen and oxygen atoms in total. The first-order chi connectivity index (χ1) is 9.81. The van der Waals surface area contributed by atoms with E-state index < -0.39 is 16.1 Å². The van der Waals surface area contributed by atoms with Gasteiger partial charge in [-0.15, -0.1) is 0 Å². The Morgan fingerprint density at radius 2 is 1.90 bits per heavy atom. The summed E-state index contributed by atoms with van der Waals surface area (Å²) in [5, 5.41) is 10.7. The van der Waals surface area contributed by atoms with E-state index in [0.717, 1.165) is 12.8 Å². The number of sulfonamides is 1. The number of likely N-dealkylation sites (N-methyl/N-ethyl adjacent to an activating group) is 1. The van der Waals surface area contributed by atoms with Crippen LogP contribution in [0.2, 0.25) is 10.0 Å². The van der Waals surface area contributed by atoms with Crippen molar-refractivity contribution in [1.29, 1.82) is 0 Å². The maximum absolute atomic E-state index is 12.5. The lowest BCUT2D eigenvalue weighted by Gasteiger charge is -2.34. The van der Waals surface area contributed by atoms with Gasteiger partial charge in [0.05, 0.1) is 27.9 Å². The lowest BCUT2D eigenvalue weighted by atomic mass is 9.93. The van der Waals surface area contributed by atoms with Crippen LogP contribution in [0.1, 0.15) is 31.2 Å². The highest BCUT2D eigenvalue weighted by Crippen LogP contribution is 2.27. The van der Waals surface area contributed by atoms with E-state index in [4.69, 9.17) is 23.2 Å². The first-order valence-corrected chi connectivity index (χ1v) is 9.25. The Kier molecular flexibility index (Phi) is 5.54. The summed E-state index contributed by atoms with van der Waals surface area (Å²) in [6, 6.07) is 4.46. The first-order valence-electron chi connectivity index (χ1n) is 6.89. The molecule has 1 aromatic rings. The van der Waals surface area contributed by atoms with Gasteiger partial charge in [-0.05, 0) is 30.5 Å². The van der Waals surface area contributed by atoms with E-state index >= 15 is 0 Å². The fraction of sp³-hybridized carbons (Fsp3) is 0.571. The zero-order chi connectivity index (χ0) is 15.6. The highest BCUT2D eigenvalue weighted by atomic mass is 35.5. The molecular formula is C14H19Cl2NO3S. The number of aliphatic hydroxyl groups is 1. The SMILES string of the molecule is CN([C@@H]1CCCC[C@H]1O)S(=O)(=O)Cc1ccc(Cl)c(Cl)c1. The van der Waals surface area contributed by atoms with Gasteiger partial charge in [0.1, 0.15) is 0 Å². The standard InChI is InChI=1S/C14H19Cl2NO3S/c1-17(13-4-2-3-5-14(13)18)21(19,20)9-10-6-7-11(15)12(16)8-10/h6-8,13-14,18H,2-5,9H2,1H3/t13-,14-/m1/s1. The summed E-state index contributed by atoms with van der Waals surface area (Å²) in [6.07, 6.45) is 2.63. The van der Waals surface area contributed by atoms with Gasteiger partial charge in [-0.1, -0.05) is 42.1 Å². The first kappa shape index (κ1) is 17.0. The molecule has 0 unspecified atom stereocenters. The second kappa shape index (κ2) is 6.84. The number of benzene rings is 1. The van der Waals surface area contributed by atoms with Crippen molar-refractivity contribution in [3.63, 3.8) is 0 Å². The molecule has 0 aliphatic heterocycles. The summed E-state index contributed by atoms with van der Waals surface area (Å²) in [7, 11) is -1.97. The Hall–Kier alpha value is -0.330. The predicted octanol–water partition coefficient (Wildman–Crippen LogP) is 3.06. The molecule has 1 N–H and O–H groups in total. The smallest absolute Gasteiger partial charge is 0.218 e. The number of rotatable bonds is 4. The minimum Gasteiger partial charge on any atom is -0.391 e. The summed E-state index contributed by atoms with van der Waals surface area (Å²) in [4.78, 5) is 0. The lowest BCUT2D eigenvalue weighted by molar-refractivity contribution is 0.0637. The van der Waals surface area contributed by atoms with Crippen molar-refractivity contribution in [3.8, 4) is 0 Å². The zero-order valence-electron chi connectivity index (χ0n) is 11.8. The maximum Gasteiger partial charge on any atom is 0.218 e. The fourth-order valence-electron chi connectivity index (χ4n) is 2.66. The number of hydrogen-bond acceptors (Lipinski definition) is 3. The molecule has 7 heteroatoms. The van der Waals surface area contributed by atoms with Crippen LogP contribution in [-0.2, 0) is 15.8 Å². The molecule has 2 rings (SSSR count). The molecule has 0 heterocycles. The highest BCUT2D eigenvalue weighted by molar-refractivity contribution is 7.88. The van der Waals surface area contributed by atoms with Crippen LogP contribution >= 0.6 is 23.2 Å². The molecule has 1 fully saturated rings. The molecule has 118 valence electrons. The Labute approximate surface area is 135 Å². The van der Waals surface area contributed by atoms with Crippen molar-refractivity contribution >= 4 is 33.2 Å². The number of hydrogen-bond donors (Lipinski definition) is 1. The van der Waals surface area contributed by atoms with Crippen molar-refractivity contribution in [1.82, 2.24) is 4.31 Å². The molecule has 1 aliphatic carbocycles. The zero-order valence-corrected chi connectivity index (χ0v) is 14.1. The van der Waals surface area contributed by atoms with Crippen LogP contribution in [-0.4, -0.2) is 37.0 Å². The van der Waals surface area contributed by atoms with Gasteiger partial charge in [0.15, 0.2) is 0 Å². The van der Waals surface area contributed by atoms with Gasteiger partial charge < -0.3 is 5.11 Å². The van der Waals surface area contributed by atoms with E-state index in [-0.39, 0.29) is 11.8 Å². The van der Waals surface area contributed by atoms with E-state index in [1.807, 2.05) is 0 Å². The Morgan fingerprint density at radius 1 is 1.24 bits per heavy atom. The summed E-state index contributed by atoms with van der Waals surface area (Å²) in [5.41, 5.74) is 0.585. The van der Waals surface area contributed by atoms with Crippen LogP contribution < -0.4 is 0 Å². The van der Waals surface area contributed by atoms with Gasteiger partial charge in [0.2, 0.25) is 10.0 Å². The second-order valence-corrected chi connectivity index (χ2v) is 8.28. The molecule has 1 aliphatic rings. The van der Waals surface area contributed by atoms with Gasteiger partial charge in [0.25, 0.3) is 0 Å². The largest absolute Gasteiger partial charge is 0.391 e. The molecule has 0 aromatic heterocycles. The van der Waals surface area contributed by atoms with Crippen molar-refractivity contribution in [2.24, 2.45) is 0 Å². The van der Waals surface area contributed by atoms with Crippen LogP contribution in [0, 0.1) is 0 Å². The normalized spacial score (nSPS) is 23.5. The monoisotopic (exact) mass is 351 g/mol. The molecule has 1 aromatic carbocycles. The molecule has 0 saturated heterocycles. The lowest BCUT2D eigenvalue weighted by Crippen LogP contribution is -2.46. The molecule has 0 spiro atoms. The quantitative estimate of drug-likeness (QED) is 0.906. The Bertz CT molecular complexity index is 606. The van der Waals surface area contributed by atoms with Crippen LogP contribution in [0.4, 0.5) is 0 Å². The molecule has 0 radical (unpaired) electrons. The fourth-order valence-corrected chi connectivity index (χ4v) is 4.45. The average Bonchev–Trinajstić information content (AvgIpc) is 2.42. The summed E-state index contributed by atoms with van der Waals surface area (Å²) in [6.45, 7) is 0. The minimum absolute atomic E-state index is 0.149. The van der Waals surface area contributed by atoms with E-state index in [9.17, 15) is 13.5 Å². The third-order valence-corrected chi connectivity index (χ3v) is 6.52. The second-order valence-electron chi connectivity index (χ2n) is 5.44. The summed E-state index contributed by atoms with van der Waals surface area (Å²) >= 11 is 11.7. The van der Waals surface area contributed by atoms with Gasteiger partial charge in [0, 0.05) is 7.05 Å². The number of halogens is 2. The van der Waals surface area contributed by atoms with Gasteiger partial charge in [-0.3, -0.25) is 0 Å². The Balaban J connectivity index is 2.15. The predicted molar refractivity (Wildman–Crippen MR) is 85.1 cm³/mol. The van der Waals surface area contributed by atoms with Crippen molar-refractivity contribution < 1.29 is 13.5 Å². The maximum atomic E-state index is 12.5. The average molecular weight is 352 g/mol. The highest BCUT2D eigenvalue weighted by Gasteiger charge is 2.33. The van der Waals surface area contributed by atoms with Crippen LogP contribution in [0.5, 0.6) is 0 Å². The van der Waals surface area contributed by atoms with E-state index in [2.05, 4.69) is 0 Å². The number of nitrogens with zero attached hydrogens (tertiary/aromatic N) is 1. The summed E-state index contributed by atoms with van der Waals surface area (Å²) in [5.74, 6) is -0.149. The third-order valence-electron chi connectivity index (χ3n) is 3.93. The topological polar surface area (TPSA) is 57.6 Å². The molecular weight excluding hydrogens is 333 g/mol. The van der Waals surface area contributed by atoms with Crippen LogP contribution in [0.3, 0.4) is 0 Å². The Morgan fingerprint density at radius 3 is 2.52 bits per heavy atom. The minimum atomic E-state index is -3.50.